The number of hydrogen-bond donors (Lipinski definition) is 2. The quantitative estimate of drug-likeness (QED) is 0.765. The van der Waals surface area contributed by atoms with Gasteiger partial charge in [0.1, 0.15) is 5.82 Å². The molecule has 0 saturated heterocycles. The highest BCUT2D eigenvalue weighted by Gasteiger charge is 2.29. The molecular formula is C13H19FN2O. The van der Waals surface area contributed by atoms with Crippen LogP contribution in [0.3, 0.4) is 0 Å². The van der Waals surface area contributed by atoms with E-state index in [2.05, 4.69) is 5.32 Å². The summed E-state index contributed by atoms with van der Waals surface area (Å²) in [5, 5.41) is 2.80. The second kappa shape index (κ2) is 5.77. The van der Waals surface area contributed by atoms with Crippen molar-refractivity contribution in [2.24, 2.45) is 5.73 Å². The zero-order chi connectivity index (χ0) is 12.9. The van der Waals surface area contributed by atoms with Gasteiger partial charge in [-0.1, -0.05) is 12.1 Å². The molecule has 0 bridgehead atoms. The Morgan fingerprint density at radius 3 is 2.76 bits per heavy atom. The van der Waals surface area contributed by atoms with E-state index in [9.17, 15) is 9.18 Å². The molecule has 94 valence electrons. The third-order valence-electron chi connectivity index (χ3n) is 2.78. The first-order valence-electron chi connectivity index (χ1n) is 5.73. The topological polar surface area (TPSA) is 55.1 Å². The summed E-state index contributed by atoms with van der Waals surface area (Å²) in [7, 11) is 0. The lowest BCUT2D eigenvalue weighted by Gasteiger charge is -2.24. The minimum atomic E-state index is -0.739. The summed E-state index contributed by atoms with van der Waals surface area (Å²) in [5.74, 6) is -0.443. The predicted molar refractivity (Wildman–Crippen MR) is 66.1 cm³/mol. The van der Waals surface area contributed by atoms with Gasteiger partial charge < -0.3 is 11.1 Å². The molecule has 0 unspecified atom stereocenters. The Hall–Kier alpha value is -1.42. The average Bonchev–Trinajstić information content (AvgIpc) is 2.29. The fourth-order valence-corrected chi connectivity index (χ4v) is 1.53. The molecule has 0 radical (unpaired) electrons. The molecule has 1 aromatic carbocycles. The molecule has 4 heteroatoms. The summed E-state index contributed by atoms with van der Waals surface area (Å²) in [6.45, 7) is 4.65. The van der Waals surface area contributed by atoms with Gasteiger partial charge in [0.15, 0.2) is 0 Å². The number of amides is 1. The number of halogens is 1. The van der Waals surface area contributed by atoms with Crippen molar-refractivity contribution in [3.8, 4) is 0 Å². The summed E-state index contributed by atoms with van der Waals surface area (Å²) in [5.41, 5.74) is 5.28. The van der Waals surface area contributed by atoms with Crippen molar-refractivity contribution in [1.82, 2.24) is 5.32 Å². The van der Waals surface area contributed by atoms with Gasteiger partial charge in [-0.2, -0.15) is 0 Å². The Kier molecular flexibility index (Phi) is 4.63. The van der Waals surface area contributed by atoms with E-state index in [4.69, 9.17) is 5.73 Å². The minimum Gasteiger partial charge on any atom is -0.355 e. The van der Waals surface area contributed by atoms with Crippen LogP contribution in [0.1, 0.15) is 25.8 Å². The van der Waals surface area contributed by atoms with Crippen LogP contribution < -0.4 is 11.1 Å². The fraction of sp³-hybridized carbons (Fsp3) is 0.462. The average molecular weight is 238 g/mol. The van der Waals surface area contributed by atoms with Crippen molar-refractivity contribution < 1.29 is 9.18 Å². The van der Waals surface area contributed by atoms with Gasteiger partial charge in [-0.15, -0.1) is 0 Å². The number of benzene rings is 1. The molecule has 17 heavy (non-hydrogen) atoms. The van der Waals surface area contributed by atoms with Gasteiger partial charge in [0.05, 0.1) is 5.41 Å². The van der Waals surface area contributed by atoms with E-state index in [0.29, 0.717) is 18.7 Å². The normalized spacial score (nSPS) is 11.3. The van der Waals surface area contributed by atoms with Crippen LogP contribution in [0.15, 0.2) is 24.3 Å². The van der Waals surface area contributed by atoms with E-state index in [1.807, 2.05) is 0 Å². The van der Waals surface area contributed by atoms with E-state index in [0.717, 1.165) is 6.42 Å². The minimum absolute atomic E-state index is 0.114. The Morgan fingerprint density at radius 1 is 1.47 bits per heavy atom. The van der Waals surface area contributed by atoms with Crippen LogP contribution >= 0.6 is 0 Å². The van der Waals surface area contributed by atoms with Crippen molar-refractivity contribution in [1.29, 1.82) is 0 Å². The molecule has 0 aliphatic rings. The maximum atomic E-state index is 13.1. The van der Waals surface area contributed by atoms with Crippen LogP contribution in [0.4, 0.5) is 4.39 Å². The summed E-state index contributed by atoms with van der Waals surface area (Å²) in [6.07, 6.45) is 0.741. The second-order valence-corrected chi connectivity index (χ2v) is 4.53. The maximum absolute atomic E-state index is 13.1. The molecule has 3 N–H and O–H groups in total. The highest BCUT2D eigenvalue weighted by molar-refractivity contribution is 5.87. The third kappa shape index (κ3) is 3.53. The Bertz CT molecular complexity index is 391. The predicted octanol–water partition coefficient (Wildman–Crippen LogP) is 1.57. The van der Waals surface area contributed by atoms with Crippen molar-refractivity contribution in [3.05, 3.63) is 35.6 Å². The lowest BCUT2D eigenvalue weighted by atomic mass is 9.83. The van der Waals surface area contributed by atoms with Crippen molar-refractivity contribution >= 4 is 5.91 Å². The van der Waals surface area contributed by atoms with Gasteiger partial charge in [0.2, 0.25) is 5.91 Å². The Morgan fingerprint density at radius 2 is 2.18 bits per heavy atom. The van der Waals surface area contributed by atoms with Crippen molar-refractivity contribution in [3.63, 3.8) is 0 Å². The van der Waals surface area contributed by atoms with Crippen LogP contribution in [0.25, 0.3) is 0 Å². The lowest BCUT2D eigenvalue weighted by molar-refractivity contribution is -0.125. The monoisotopic (exact) mass is 238 g/mol. The summed E-state index contributed by atoms with van der Waals surface area (Å²) in [4.78, 5) is 12.0. The molecule has 3 nitrogen and oxygen atoms in total. The number of hydrogen-bond acceptors (Lipinski definition) is 2. The number of rotatable bonds is 5. The number of nitrogens with two attached hydrogens (primary N) is 1. The molecule has 0 aromatic heterocycles. The van der Waals surface area contributed by atoms with Crippen molar-refractivity contribution in [2.75, 3.05) is 13.1 Å². The van der Waals surface area contributed by atoms with E-state index in [-0.39, 0.29) is 11.7 Å². The summed E-state index contributed by atoms with van der Waals surface area (Å²) < 4.78 is 13.1. The molecule has 0 fully saturated rings. The molecule has 0 heterocycles. The first-order valence-corrected chi connectivity index (χ1v) is 5.73. The zero-order valence-electron chi connectivity index (χ0n) is 10.3. The molecule has 1 amide bonds. The summed E-state index contributed by atoms with van der Waals surface area (Å²) >= 11 is 0. The van der Waals surface area contributed by atoms with E-state index >= 15 is 0 Å². The second-order valence-electron chi connectivity index (χ2n) is 4.53. The third-order valence-corrected chi connectivity index (χ3v) is 2.78. The molecule has 0 atom stereocenters. The molecule has 1 rings (SSSR count). The Balaban J connectivity index is 2.76. The van der Waals surface area contributed by atoms with Crippen LogP contribution in [-0.2, 0) is 10.2 Å². The van der Waals surface area contributed by atoms with Gasteiger partial charge in [-0.3, -0.25) is 4.79 Å². The van der Waals surface area contributed by atoms with Crippen LogP contribution in [0.2, 0.25) is 0 Å². The molecule has 0 aliphatic heterocycles. The van der Waals surface area contributed by atoms with Crippen LogP contribution in [0.5, 0.6) is 0 Å². The maximum Gasteiger partial charge on any atom is 0.230 e. The van der Waals surface area contributed by atoms with Gasteiger partial charge >= 0.3 is 0 Å². The van der Waals surface area contributed by atoms with Gasteiger partial charge in [-0.25, -0.2) is 4.39 Å². The highest BCUT2D eigenvalue weighted by atomic mass is 19.1. The largest absolute Gasteiger partial charge is 0.355 e. The molecular weight excluding hydrogens is 219 g/mol. The first-order chi connectivity index (χ1) is 7.98. The number of carbonyl (C=O) groups is 1. The fourth-order valence-electron chi connectivity index (χ4n) is 1.53. The number of carbonyl (C=O) groups excluding carboxylic acids is 1. The molecule has 0 aliphatic carbocycles. The van der Waals surface area contributed by atoms with Gasteiger partial charge in [0, 0.05) is 6.54 Å². The lowest BCUT2D eigenvalue weighted by Crippen LogP contribution is -2.40. The van der Waals surface area contributed by atoms with Gasteiger partial charge in [-0.05, 0) is 44.5 Å². The number of nitrogens with one attached hydrogen (secondary N) is 1. The smallest absolute Gasteiger partial charge is 0.230 e. The van der Waals surface area contributed by atoms with E-state index in [1.54, 1.807) is 26.0 Å². The Labute approximate surface area is 101 Å². The molecule has 0 saturated carbocycles. The van der Waals surface area contributed by atoms with E-state index < -0.39 is 5.41 Å². The van der Waals surface area contributed by atoms with Crippen LogP contribution in [0, 0.1) is 5.82 Å². The van der Waals surface area contributed by atoms with E-state index in [1.165, 1.54) is 12.1 Å². The van der Waals surface area contributed by atoms with Gasteiger partial charge in [0.25, 0.3) is 0 Å². The zero-order valence-corrected chi connectivity index (χ0v) is 10.3. The highest BCUT2D eigenvalue weighted by Crippen LogP contribution is 2.23. The van der Waals surface area contributed by atoms with Crippen LogP contribution in [-0.4, -0.2) is 19.0 Å². The summed E-state index contributed by atoms with van der Waals surface area (Å²) in [6, 6.07) is 6.12. The first kappa shape index (κ1) is 13.6. The standard InChI is InChI=1S/C13H19FN2O/c1-13(2,12(17)16-8-4-7-15)10-5-3-6-11(14)9-10/h3,5-6,9H,4,7-8,15H2,1-2H3,(H,16,17). The molecule has 0 spiro atoms. The SMILES string of the molecule is CC(C)(C(=O)NCCCN)c1cccc(F)c1. The van der Waals surface area contributed by atoms with Crippen molar-refractivity contribution in [2.45, 2.75) is 25.7 Å². The molecule has 1 aromatic rings.